The Bertz CT molecular complexity index is 370. The highest BCUT2D eigenvalue weighted by Gasteiger charge is 2.06. The van der Waals surface area contributed by atoms with Crippen LogP contribution in [0.5, 0.6) is 0 Å². The number of hydrogen-bond acceptors (Lipinski definition) is 5. The van der Waals surface area contributed by atoms with E-state index in [4.69, 9.17) is 5.73 Å². The third kappa shape index (κ3) is 3.77. The first-order chi connectivity index (χ1) is 7.65. The fraction of sp³-hybridized carbons (Fsp3) is 0.600. The van der Waals surface area contributed by atoms with Crippen LogP contribution >= 0.6 is 0 Å². The van der Waals surface area contributed by atoms with E-state index in [1.807, 2.05) is 6.92 Å². The van der Waals surface area contributed by atoms with Crippen LogP contribution in [0.2, 0.25) is 0 Å². The molecule has 5 nitrogen and oxygen atoms in total. The van der Waals surface area contributed by atoms with Crippen molar-refractivity contribution in [3.05, 3.63) is 11.9 Å². The van der Waals surface area contributed by atoms with Crippen molar-refractivity contribution in [2.75, 3.05) is 29.6 Å². The van der Waals surface area contributed by atoms with Crippen LogP contribution in [0, 0.1) is 0 Å². The van der Waals surface area contributed by atoms with Gasteiger partial charge in [-0.3, -0.25) is 4.21 Å². The largest absolute Gasteiger partial charge is 0.383 e. The molecule has 0 bridgehead atoms. The lowest BCUT2D eigenvalue weighted by molar-refractivity contribution is 0.685. The second kappa shape index (κ2) is 6.42. The molecule has 6 heteroatoms. The molecule has 0 saturated carbocycles. The molecule has 0 saturated heterocycles. The van der Waals surface area contributed by atoms with Crippen molar-refractivity contribution in [1.29, 1.82) is 0 Å². The third-order valence-electron chi connectivity index (χ3n) is 2.23. The monoisotopic (exact) mass is 242 g/mol. The first-order valence-electron chi connectivity index (χ1n) is 5.28. The van der Waals surface area contributed by atoms with E-state index in [1.54, 1.807) is 6.26 Å². The zero-order valence-corrected chi connectivity index (χ0v) is 10.5. The lowest BCUT2D eigenvalue weighted by Crippen LogP contribution is -2.11. The maximum absolute atomic E-state index is 10.9. The first-order valence-corrected chi connectivity index (χ1v) is 7.01. The molecule has 0 aliphatic carbocycles. The minimum atomic E-state index is -0.732. The third-order valence-corrected chi connectivity index (χ3v) is 3.10. The Morgan fingerprint density at radius 3 is 2.88 bits per heavy atom. The summed E-state index contributed by atoms with van der Waals surface area (Å²) in [7, 11) is -0.732. The number of nitrogens with two attached hydrogens (primary N) is 1. The summed E-state index contributed by atoms with van der Waals surface area (Å²) < 4.78 is 10.9. The molecule has 1 heterocycles. The van der Waals surface area contributed by atoms with Crippen LogP contribution in [0.1, 0.15) is 18.9 Å². The minimum Gasteiger partial charge on any atom is -0.383 e. The van der Waals surface area contributed by atoms with Gasteiger partial charge in [0.05, 0.1) is 0 Å². The minimum absolute atomic E-state index is 0.527. The predicted molar refractivity (Wildman–Crippen MR) is 67.9 cm³/mol. The zero-order valence-electron chi connectivity index (χ0n) is 9.69. The van der Waals surface area contributed by atoms with Crippen molar-refractivity contribution in [2.24, 2.45) is 0 Å². The maximum atomic E-state index is 10.9. The molecule has 3 N–H and O–H groups in total. The molecule has 0 aromatic carbocycles. The van der Waals surface area contributed by atoms with Crippen molar-refractivity contribution >= 4 is 22.4 Å². The molecule has 0 aliphatic heterocycles. The smallest absolute Gasteiger partial charge is 0.134 e. The average Bonchev–Trinajstić information content (AvgIpc) is 2.24. The van der Waals surface area contributed by atoms with Crippen molar-refractivity contribution < 1.29 is 4.21 Å². The standard InChI is InChI=1S/C10H18N4OS/c1-3-8-9(11)13-7-14-10(8)12-5-4-6-16(2)15/h7H,3-6H2,1-2H3,(H3,11,12,13,14). The van der Waals surface area contributed by atoms with Gasteiger partial charge in [0.1, 0.15) is 18.0 Å². The molecule has 90 valence electrons. The summed E-state index contributed by atoms with van der Waals surface area (Å²) >= 11 is 0. The van der Waals surface area contributed by atoms with Crippen LogP contribution in [0.3, 0.4) is 0 Å². The quantitative estimate of drug-likeness (QED) is 0.721. The Morgan fingerprint density at radius 2 is 2.25 bits per heavy atom. The van der Waals surface area contributed by atoms with Gasteiger partial charge in [0.2, 0.25) is 0 Å². The van der Waals surface area contributed by atoms with E-state index in [2.05, 4.69) is 15.3 Å². The molecule has 1 aromatic heterocycles. The van der Waals surface area contributed by atoms with Crippen LogP contribution in [-0.4, -0.2) is 32.7 Å². The van der Waals surface area contributed by atoms with Crippen LogP contribution in [0.4, 0.5) is 11.6 Å². The summed E-state index contributed by atoms with van der Waals surface area (Å²) in [5.41, 5.74) is 6.69. The van der Waals surface area contributed by atoms with E-state index in [1.165, 1.54) is 6.33 Å². The number of nitrogens with zero attached hydrogens (tertiary/aromatic N) is 2. The Hall–Kier alpha value is -1.17. The Balaban J connectivity index is 2.53. The van der Waals surface area contributed by atoms with E-state index in [0.29, 0.717) is 11.6 Å². The van der Waals surface area contributed by atoms with E-state index in [9.17, 15) is 4.21 Å². The topological polar surface area (TPSA) is 80.9 Å². The molecule has 0 fully saturated rings. The molecule has 0 aliphatic rings. The predicted octanol–water partition coefficient (Wildman–Crippen LogP) is 0.802. The summed E-state index contributed by atoms with van der Waals surface area (Å²) in [6.45, 7) is 2.77. The Labute approximate surface area is 98.3 Å². The van der Waals surface area contributed by atoms with E-state index in [-0.39, 0.29) is 0 Å². The molecule has 1 atom stereocenters. The first kappa shape index (κ1) is 12.9. The second-order valence-electron chi connectivity index (χ2n) is 3.50. The van der Waals surface area contributed by atoms with Gasteiger partial charge in [0, 0.05) is 34.9 Å². The molecule has 1 unspecified atom stereocenters. The fourth-order valence-electron chi connectivity index (χ4n) is 1.41. The van der Waals surface area contributed by atoms with E-state index < -0.39 is 10.8 Å². The van der Waals surface area contributed by atoms with Gasteiger partial charge in [-0.05, 0) is 12.8 Å². The molecule has 0 radical (unpaired) electrons. The summed E-state index contributed by atoms with van der Waals surface area (Å²) in [6.07, 6.45) is 4.82. The summed E-state index contributed by atoms with van der Waals surface area (Å²) in [5.74, 6) is 2.02. The molecule has 0 spiro atoms. The van der Waals surface area contributed by atoms with Gasteiger partial charge in [-0.25, -0.2) is 9.97 Å². The number of rotatable bonds is 6. The number of hydrogen-bond donors (Lipinski definition) is 2. The van der Waals surface area contributed by atoms with Gasteiger partial charge < -0.3 is 11.1 Å². The molecular formula is C10H18N4OS. The number of nitrogen functional groups attached to an aromatic ring is 1. The Morgan fingerprint density at radius 1 is 1.50 bits per heavy atom. The highest BCUT2D eigenvalue weighted by molar-refractivity contribution is 7.84. The van der Waals surface area contributed by atoms with Crippen molar-refractivity contribution in [1.82, 2.24) is 9.97 Å². The molecule has 1 aromatic rings. The van der Waals surface area contributed by atoms with Crippen LogP contribution in [0.15, 0.2) is 6.33 Å². The SMILES string of the molecule is CCc1c(N)ncnc1NCCCS(C)=O. The molecular weight excluding hydrogens is 224 g/mol. The van der Waals surface area contributed by atoms with Gasteiger partial charge in [0.15, 0.2) is 0 Å². The number of nitrogens with one attached hydrogen (secondary N) is 1. The molecule has 0 amide bonds. The van der Waals surface area contributed by atoms with Gasteiger partial charge in [-0.1, -0.05) is 6.92 Å². The van der Waals surface area contributed by atoms with Crippen LogP contribution in [-0.2, 0) is 17.2 Å². The number of aromatic nitrogens is 2. The highest BCUT2D eigenvalue weighted by atomic mass is 32.2. The molecule has 16 heavy (non-hydrogen) atoms. The molecule has 1 rings (SSSR count). The van der Waals surface area contributed by atoms with Crippen LogP contribution < -0.4 is 11.1 Å². The van der Waals surface area contributed by atoms with Crippen molar-refractivity contribution in [2.45, 2.75) is 19.8 Å². The fourth-order valence-corrected chi connectivity index (χ4v) is 1.96. The summed E-state index contributed by atoms with van der Waals surface area (Å²) in [4.78, 5) is 8.09. The zero-order chi connectivity index (χ0) is 12.0. The highest BCUT2D eigenvalue weighted by Crippen LogP contribution is 2.17. The normalized spacial score (nSPS) is 12.4. The second-order valence-corrected chi connectivity index (χ2v) is 5.05. The van der Waals surface area contributed by atoms with Gasteiger partial charge in [0.25, 0.3) is 0 Å². The summed E-state index contributed by atoms with van der Waals surface area (Å²) in [6, 6.07) is 0. The maximum Gasteiger partial charge on any atom is 0.134 e. The van der Waals surface area contributed by atoms with Crippen molar-refractivity contribution in [3.63, 3.8) is 0 Å². The van der Waals surface area contributed by atoms with E-state index >= 15 is 0 Å². The van der Waals surface area contributed by atoms with E-state index in [0.717, 1.165) is 30.8 Å². The van der Waals surface area contributed by atoms with Gasteiger partial charge in [-0.2, -0.15) is 0 Å². The van der Waals surface area contributed by atoms with Gasteiger partial charge in [-0.15, -0.1) is 0 Å². The Kier molecular flexibility index (Phi) is 5.18. The number of anilines is 2. The van der Waals surface area contributed by atoms with Crippen LogP contribution in [0.25, 0.3) is 0 Å². The van der Waals surface area contributed by atoms with Gasteiger partial charge >= 0.3 is 0 Å². The lowest BCUT2D eigenvalue weighted by Gasteiger charge is -2.10. The summed E-state index contributed by atoms with van der Waals surface area (Å²) in [5, 5.41) is 3.19. The van der Waals surface area contributed by atoms with Crippen molar-refractivity contribution in [3.8, 4) is 0 Å². The average molecular weight is 242 g/mol. The lowest BCUT2D eigenvalue weighted by atomic mass is 10.2.